The van der Waals surface area contributed by atoms with Crippen molar-refractivity contribution in [1.82, 2.24) is 20.8 Å². The Hall–Kier alpha value is -1.63. The lowest BCUT2D eigenvalue weighted by Crippen LogP contribution is -2.48. The molecular weight excluding hydrogens is 260 g/mol. The van der Waals surface area contributed by atoms with Crippen LogP contribution in [0.2, 0.25) is 0 Å². The van der Waals surface area contributed by atoms with Crippen molar-refractivity contribution in [3.63, 3.8) is 0 Å². The monoisotopic (exact) mass is 282 g/mol. The summed E-state index contributed by atoms with van der Waals surface area (Å²) in [5.41, 5.74) is 0. The van der Waals surface area contributed by atoms with E-state index < -0.39 is 0 Å². The normalized spacial score (nSPS) is 22.5. The van der Waals surface area contributed by atoms with Crippen LogP contribution in [-0.4, -0.2) is 40.5 Å². The number of urea groups is 1. The number of hydrogen-bond acceptors (Lipinski definition) is 5. The van der Waals surface area contributed by atoms with Crippen molar-refractivity contribution in [2.75, 3.05) is 13.2 Å². The van der Waals surface area contributed by atoms with E-state index in [2.05, 4.69) is 20.8 Å². The molecule has 1 aliphatic carbocycles. The Labute approximate surface area is 118 Å². The molecule has 2 atom stereocenters. The van der Waals surface area contributed by atoms with Crippen LogP contribution in [0.1, 0.15) is 37.4 Å². The molecule has 7 heteroatoms. The highest BCUT2D eigenvalue weighted by Gasteiger charge is 2.25. The van der Waals surface area contributed by atoms with E-state index in [1.165, 1.54) is 0 Å². The first-order chi connectivity index (χ1) is 9.69. The summed E-state index contributed by atoms with van der Waals surface area (Å²) in [6, 6.07) is -0.133. The van der Waals surface area contributed by atoms with Crippen LogP contribution in [0.15, 0.2) is 4.52 Å². The lowest BCUT2D eigenvalue weighted by molar-refractivity contribution is 0.153. The van der Waals surface area contributed by atoms with Gasteiger partial charge in [-0.2, -0.15) is 4.98 Å². The molecule has 2 amide bonds. The standard InChI is InChI=1S/C13H22N4O3/c1-9-15-12(20-17-9)6-7-14-13(19)16-11-5-3-2-4-10(11)8-18/h10-11,18H,2-8H2,1H3,(H2,14,16,19). The number of aliphatic hydroxyl groups is 1. The van der Waals surface area contributed by atoms with Gasteiger partial charge in [0.1, 0.15) is 0 Å². The van der Waals surface area contributed by atoms with Gasteiger partial charge in [0.15, 0.2) is 5.82 Å². The fourth-order valence-corrected chi connectivity index (χ4v) is 2.56. The third-order valence-corrected chi connectivity index (χ3v) is 3.65. The van der Waals surface area contributed by atoms with Gasteiger partial charge in [0.2, 0.25) is 5.89 Å². The lowest BCUT2D eigenvalue weighted by atomic mass is 9.85. The molecule has 7 nitrogen and oxygen atoms in total. The number of carbonyl (C=O) groups excluding carboxylic acids is 1. The molecule has 112 valence electrons. The molecule has 1 aromatic heterocycles. The number of carbonyl (C=O) groups is 1. The Morgan fingerprint density at radius 2 is 2.25 bits per heavy atom. The summed E-state index contributed by atoms with van der Waals surface area (Å²) in [5, 5.41) is 18.7. The fourth-order valence-electron chi connectivity index (χ4n) is 2.56. The van der Waals surface area contributed by atoms with E-state index in [0.717, 1.165) is 25.7 Å². The summed E-state index contributed by atoms with van der Waals surface area (Å²) in [6.45, 7) is 2.33. The van der Waals surface area contributed by atoms with Crippen LogP contribution in [0.3, 0.4) is 0 Å². The number of amides is 2. The zero-order valence-corrected chi connectivity index (χ0v) is 11.8. The molecule has 1 fully saturated rings. The Morgan fingerprint density at radius 1 is 1.45 bits per heavy atom. The number of aromatic nitrogens is 2. The average molecular weight is 282 g/mol. The van der Waals surface area contributed by atoms with E-state index in [1.807, 2.05) is 0 Å². The minimum atomic E-state index is -0.202. The van der Waals surface area contributed by atoms with Crippen LogP contribution < -0.4 is 10.6 Å². The van der Waals surface area contributed by atoms with E-state index >= 15 is 0 Å². The molecule has 2 rings (SSSR count). The van der Waals surface area contributed by atoms with E-state index in [9.17, 15) is 9.90 Å². The first-order valence-corrected chi connectivity index (χ1v) is 7.13. The Kier molecular flexibility index (Phi) is 5.34. The summed E-state index contributed by atoms with van der Waals surface area (Å²) < 4.78 is 4.96. The second kappa shape index (κ2) is 7.23. The first-order valence-electron chi connectivity index (χ1n) is 7.13. The van der Waals surface area contributed by atoms with E-state index in [-0.39, 0.29) is 24.6 Å². The van der Waals surface area contributed by atoms with E-state index in [0.29, 0.717) is 24.7 Å². The largest absolute Gasteiger partial charge is 0.396 e. The molecule has 20 heavy (non-hydrogen) atoms. The molecule has 0 aromatic carbocycles. The van der Waals surface area contributed by atoms with Gasteiger partial charge in [0.05, 0.1) is 0 Å². The highest BCUT2D eigenvalue weighted by molar-refractivity contribution is 5.74. The molecule has 0 spiro atoms. The van der Waals surface area contributed by atoms with Gasteiger partial charge in [0, 0.05) is 31.5 Å². The molecule has 1 aliphatic rings. The maximum absolute atomic E-state index is 11.8. The van der Waals surface area contributed by atoms with Crippen LogP contribution in [-0.2, 0) is 6.42 Å². The number of aryl methyl sites for hydroxylation is 1. The summed E-state index contributed by atoms with van der Waals surface area (Å²) in [5.74, 6) is 1.29. The number of aliphatic hydroxyl groups excluding tert-OH is 1. The highest BCUT2D eigenvalue weighted by atomic mass is 16.5. The minimum absolute atomic E-state index is 0.0689. The predicted molar refractivity (Wildman–Crippen MR) is 72.1 cm³/mol. The summed E-state index contributed by atoms with van der Waals surface area (Å²) in [4.78, 5) is 15.9. The van der Waals surface area contributed by atoms with Crippen molar-refractivity contribution in [3.8, 4) is 0 Å². The van der Waals surface area contributed by atoms with Crippen molar-refractivity contribution >= 4 is 6.03 Å². The van der Waals surface area contributed by atoms with Gasteiger partial charge in [-0.1, -0.05) is 18.0 Å². The maximum Gasteiger partial charge on any atom is 0.315 e. The molecule has 0 bridgehead atoms. The average Bonchev–Trinajstić information content (AvgIpc) is 2.85. The Balaban J connectivity index is 1.69. The third-order valence-electron chi connectivity index (χ3n) is 3.65. The first kappa shape index (κ1) is 14.8. The number of nitrogens with one attached hydrogen (secondary N) is 2. The van der Waals surface area contributed by atoms with Gasteiger partial charge >= 0.3 is 6.03 Å². The zero-order valence-electron chi connectivity index (χ0n) is 11.8. The van der Waals surface area contributed by atoms with Crippen molar-refractivity contribution < 1.29 is 14.4 Å². The molecule has 0 saturated heterocycles. The maximum atomic E-state index is 11.8. The van der Waals surface area contributed by atoms with Crippen molar-refractivity contribution in [2.24, 2.45) is 5.92 Å². The van der Waals surface area contributed by atoms with Crippen LogP contribution in [0, 0.1) is 12.8 Å². The highest BCUT2D eigenvalue weighted by Crippen LogP contribution is 2.23. The second-order valence-corrected chi connectivity index (χ2v) is 5.22. The Bertz CT molecular complexity index is 435. The van der Waals surface area contributed by atoms with Crippen LogP contribution in [0.4, 0.5) is 4.79 Å². The molecule has 1 saturated carbocycles. The SMILES string of the molecule is Cc1noc(CCNC(=O)NC2CCCCC2CO)n1. The van der Waals surface area contributed by atoms with Crippen LogP contribution in [0.25, 0.3) is 0 Å². The smallest absolute Gasteiger partial charge is 0.315 e. The van der Waals surface area contributed by atoms with Gasteiger partial charge in [-0.3, -0.25) is 0 Å². The molecule has 3 N–H and O–H groups in total. The van der Waals surface area contributed by atoms with E-state index in [4.69, 9.17) is 4.52 Å². The van der Waals surface area contributed by atoms with Crippen molar-refractivity contribution in [1.29, 1.82) is 0 Å². The molecule has 0 aliphatic heterocycles. The fraction of sp³-hybridized carbons (Fsp3) is 0.769. The van der Waals surface area contributed by atoms with Crippen LogP contribution >= 0.6 is 0 Å². The predicted octanol–water partition coefficient (Wildman–Crippen LogP) is 0.771. The molecule has 1 aromatic rings. The van der Waals surface area contributed by atoms with Gasteiger partial charge in [-0.15, -0.1) is 0 Å². The van der Waals surface area contributed by atoms with Gasteiger partial charge in [0.25, 0.3) is 0 Å². The second-order valence-electron chi connectivity index (χ2n) is 5.22. The topological polar surface area (TPSA) is 100 Å². The van der Waals surface area contributed by atoms with Gasteiger partial charge in [-0.05, 0) is 19.8 Å². The van der Waals surface area contributed by atoms with Crippen molar-refractivity contribution in [2.45, 2.75) is 45.1 Å². The quantitative estimate of drug-likeness (QED) is 0.740. The van der Waals surface area contributed by atoms with Gasteiger partial charge < -0.3 is 20.3 Å². The summed E-state index contributed by atoms with van der Waals surface area (Å²) in [7, 11) is 0. The molecule has 2 unspecified atom stereocenters. The molecular formula is C13H22N4O3. The van der Waals surface area contributed by atoms with Crippen LogP contribution in [0.5, 0.6) is 0 Å². The van der Waals surface area contributed by atoms with E-state index in [1.54, 1.807) is 6.92 Å². The lowest BCUT2D eigenvalue weighted by Gasteiger charge is -2.30. The third kappa shape index (κ3) is 4.19. The van der Waals surface area contributed by atoms with Gasteiger partial charge in [-0.25, -0.2) is 4.79 Å². The molecule has 1 heterocycles. The number of nitrogens with zero attached hydrogens (tertiary/aromatic N) is 2. The summed E-state index contributed by atoms with van der Waals surface area (Å²) in [6.07, 6.45) is 4.65. The Morgan fingerprint density at radius 3 is 2.95 bits per heavy atom. The minimum Gasteiger partial charge on any atom is -0.396 e. The summed E-state index contributed by atoms with van der Waals surface area (Å²) >= 11 is 0. The zero-order chi connectivity index (χ0) is 14.4. The number of rotatable bonds is 5. The molecule has 0 radical (unpaired) electrons. The van der Waals surface area contributed by atoms with Crippen molar-refractivity contribution in [3.05, 3.63) is 11.7 Å². The number of hydrogen-bond donors (Lipinski definition) is 3.